The molecule has 0 aliphatic carbocycles. The molecule has 0 saturated heterocycles. The quantitative estimate of drug-likeness (QED) is 0.561. The molecule has 0 aliphatic heterocycles. The van der Waals surface area contributed by atoms with Gasteiger partial charge in [-0.25, -0.2) is 0 Å². The lowest BCUT2D eigenvalue weighted by molar-refractivity contribution is 0.103. The van der Waals surface area contributed by atoms with Crippen LogP contribution >= 0.6 is 0 Å². The van der Waals surface area contributed by atoms with Crippen molar-refractivity contribution >= 4 is 0 Å². The second kappa shape index (κ2) is 10.4. The molecule has 0 aromatic carbocycles. The van der Waals surface area contributed by atoms with Gasteiger partial charge in [-0.05, 0) is 45.9 Å². The predicted octanol–water partition coefficient (Wildman–Crippen LogP) is 1.59. The molecule has 1 N–H and O–H groups in total. The fourth-order valence-corrected chi connectivity index (χ4v) is 1.28. The minimum Gasteiger partial charge on any atom is -0.380 e. The van der Waals surface area contributed by atoms with E-state index >= 15 is 0 Å². The van der Waals surface area contributed by atoms with Gasteiger partial charge >= 0.3 is 0 Å². The molecule has 0 amide bonds. The zero-order chi connectivity index (χ0) is 11.5. The number of likely N-dealkylation sites (N-methyl/N-ethyl adjacent to an activating group) is 1. The molecule has 0 spiro atoms. The highest BCUT2D eigenvalue weighted by molar-refractivity contribution is 4.52. The van der Waals surface area contributed by atoms with Crippen LogP contribution < -0.4 is 5.32 Å². The van der Waals surface area contributed by atoms with Crippen LogP contribution in [0.5, 0.6) is 0 Å². The summed E-state index contributed by atoms with van der Waals surface area (Å²) < 4.78 is 5.56. The average Bonchev–Trinajstić information content (AvgIpc) is 2.17. The van der Waals surface area contributed by atoms with Crippen LogP contribution in [0.4, 0.5) is 0 Å². The molecule has 0 aliphatic rings. The molecule has 0 aromatic rings. The fourth-order valence-electron chi connectivity index (χ4n) is 1.28. The first-order valence-corrected chi connectivity index (χ1v) is 6.07. The van der Waals surface area contributed by atoms with Gasteiger partial charge in [0.15, 0.2) is 0 Å². The Morgan fingerprint density at radius 2 is 1.93 bits per heavy atom. The van der Waals surface area contributed by atoms with Crippen molar-refractivity contribution < 1.29 is 4.74 Å². The molecular weight excluding hydrogens is 188 g/mol. The molecule has 0 atom stereocenters. The molecule has 15 heavy (non-hydrogen) atoms. The van der Waals surface area contributed by atoms with Gasteiger partial charge in [0.1, 0.15) is 0 Å². The summed E-state index contributed by atoms with van der Waals surface area (Å²) in [5.74, 6) is 0.748. The number of hydrogen-bond donors (Lipinski definition) is 1. The van der Waals surface area contributed by atoms with Gasteiger partial charge in [0, 0.05) is 13.2 Å². The number of hydrogen-bond acceptors (Lipinski definition) is 3. The van der Waals surface area contributed by atoms with E-state index in [4.69, 9.17) is 4.74 Å². The van der Waals surface area contributed by atoms with E-state index in [0.29, 0.717) is 0 Å². The van der Waals surface area contributed by atoms with Crippen LogP contribution in [0.15, 0.2) is 0 Å². The maximum absolute atomic E-state index is 5.56. The topological polar surface area (TPSA) is 24.5 Å². The molecule has 0 radical (unpaired) electrons. The van der Waals surface area contributed by atoms with Crippen molar-refractivity contribution in [2.45, 2.75) is 26.7 Å². The van der Waals surface area contributed by atoms with E-state index in [1.54, 1.807) is 0 Å². The Labute approximate surface area is 95.2 Å². The number of rotatable bonds is 10. The molecule has 92 valence electrons. The van der Waals surface area contributed by atoms with Crippen molar-refractivity contribution in [2.75, 3.05) is 46.9 Å². The average molecular weight is 216 g/mol. The molecule has 0 bridgehead atoms. The lowest BCUT2D eigenvalue weighted by Gasteiger charge is -2.16. The van der Waals surface area contributed by atoms with Crippen LogP contribution in [0, 0.1) is 5.92 Å². The van der Waals surface area contributed by atoms with Gasteiger partial charge in [-0.2, -0.15) is 0 Å². The van der Waals surface area contributed by atoms with Crippen molar-refractivity contribution in [1.29, 1.82) is 0 Å². The lowest BCUT2D eigenvalue weighted by Crippen LogP contribution is -2.26. The summed E-state index contributed by atoms with van der Waals surface area (Å²) in [5.41, 5.74) is 0. The fraction of sp³-hybridized carbons (Fsp3) is 1.00. The predicted molar refractivity (Wildman–Crippen MR) is 66.3 cm³/mol. The van der Waals surface area contributed by atoms with E-state index in [-0.39, 0.29) is 0 Å². The van der Waals surface area contributed by atoms with E-state index in [1.807, 2.05) is 7.05 Å². The number of nitrogens with zero attached hydrogens (tertiary/aromatic N) is 1. The molecule has 0 rings (SSSR count). The minimum absolute atomic E-state index is 0.748. The van der Waals surface area contributed by atoms with E-state index in [9.17, 15) is 0 Å². The molecule has 0 unspecified atom stereocenters. The zero-order valence-electron chi connectivity index (χ0n) is 10.9. The summed E-state index contributed by atoms with van der Waals surface area (Å²) in [4.78, 5) is 2.33. The Hall–Kier alpha value is -0.120. The van der Waals surface area contributed by atoms with Crippen molar-refractivity contribution in [2.24, 2.45) is 5.92 Å². The second-order valence-corrected chi connectivity index (χ2v) is 4.56. The van der Waals surface area contributed by atoms with Crippen LogP contribution in [-0.4, -0.2) is 51.8 Å². The van der Waals surface area contributed by atoms with Crippen molar-refractivity contribution in [1.82, 2.24) is 10.2 Å². The summed E-state index contributed by atoms with van der Waals surface area (Å²) in [7, 11) is 4.15. The molecule has 0 aromatic heterocycles. The monoisotopic (exact) mass is 216 g/mol. The smallest absolute Gasteiger partial charge is 0.0593 e. The minimum atomic E-state index is 0.748. The van der Waals surface area contributed by atoms with Gasteiger partial charge < -0.3 is 15.0 Å². The maximum Gasteiger partial charge on any atom is 0.0593 e. The first kappa shape index (κ1) is 14.9. The SMILES string of the molecule is CNCCCN(C)CCOCCC(C)C. The summed E-state index contributed by atoms with van der Waals surface area (Å²) in [5, 5.41) is 3.15. The zero-order valence-corrected chi connectivity index (χ0v) is 10.9. The normalized spacial score (nSPS) is 11.6. The summed E-state index contributed by atoms with van der Waals surface area (Å²) in [6.45, 7) is 9.51. The van der Waals surface area contributed by atoms with Gasteiger partial charge in [-0.1, -0.05) is 13.8 Å². The molecule has 0 heterocycles. The molecule has 3 heteroatoms. The van der Waals surface area contributed by atoms with E-state index in [0.717, 1.165) is 38.8 Å². The Kier molecular flexibility index (Phi) is 10.3. The van der Waals surface area contributed by atoms with Crippen LogP contribution in [-0.2, 0) is 4.74 Å². The van der Waals surface area contributed by atoms with Gasteiger partial charge in [-0.3, -0.25) is 0 Å². The summed E-state index contributed by atoms with van der Waals surface area (Å²) >= 11 is 0. The van der Waals surface area contributed by atoms with Gasteiger partial charge in [-0.15, -0.1) is 0 Å². The van der Waals surface area contributed by atoms with E-state index in [2.05, 4.69) is 31.1 Å². The molecule has 0 fully saturated rings. The Balaban J connectivity index is 3.13. The molecular formula is C12H28N2O. The lowest BCUT2D eigenvalue weighted by atomic mass is 10.1. The van der Waals surface area contributed by atoms with Crippen molar-refractivity contribution in [3.8, 4) is 0 Å². The first-order valence-electron chi connectivity index (χ1n) is 6.07. The van der Waals surface area contributed by atoms with Gasteiger partial charge in [0.25, 0.3) is 0 Å². The highest BCUT2D eigenvalue weighted by Gasteiger charge is 1.98. The van der Waals surface area contributed by atoms with Crippen LogP contribution in [0.1, 0.15) is 26.7 Å². The number of nitrogens with one attached hydrogen (secondary N) is 1. The van der Waals surface area contributed by atoms with Gasteiger partial charge in [0.05, 0.1) is 6.61 Å². The summed E-state index contributed by atoms with van der Waals surface area (Å²) in [6, 6.07) is 0. The Morgan fingerprint density at radius 3 is 2.53 bits per heavy atom. The largest absolute Gasteiger partial charge is 0.380 e. The summed E-state index contributed by atoms with van der Waals surface area (Å²) in [6.07, 6.45) is 2.38. The van der Waals surface area contributed by atoms with Crippen molar-refractivity contribution in [3.05, 3.63) is 0 Å². The Bertz CT molecular complexity index is 129. The van der Waals surface area contributed by atoms with Gasteiger partial charge in [0.2, 0.25) is 0 Å². The maximum atomic E-state index is 5.56. The van der Waals surface area contributed by atoms with Crippen LogP contribution in [0.3, 0.4) is 0 Å². The highest BCUT2D eigenvalue weighted by atomic mass is 16.5. The Morgan fingerprint density at radius 1 is 1.20 bits per heavy atom. The van der Waals surface area contributed by atoms with Crippen LogP contribution in [0.25, 0.3) is 0 Å². The second-order valence-electron chi connectivity index (χ2n) is 4.56. The van der Waals surface area contributed by atoms with E-state index in [1.165, 1.54) is 12.8 Å². The van der Waals surface area contributed by atoms with E-state index < -0.39 is 0 Å². The third-order valence-electron chi connectivity index (χ3n) is 2.42. The molecule has 0 saturated carbocycles. The van der Waals surface area contributed by atoms with Crippen molar-refractivity contribution in [3.63, 3.8) is 0 Å². The molecule has 3 nitrogen and oxygen atoms in total. The third kappa shape index (κ3) is 11.8. The first-order chi connectivity index (χ1) is 7.16. The standard InChI is InChI=1S/C12H28N2O/c1-12(2)6-10-15-11-9-14(4)8-5-7-13-3/h12-13H,5-11H2,1-4H3. The number of ether oxygens (including phenoxy) is 1. The van der Waals surface area contributed by atoms with Crippen LogP contribution in [0.2, 0.25) is 0 Å². The third-order valence-corrected chi connectivity index (χ3v) is 2.42. The highest BCUT2D eigenvalue weighted by Crippen LogP contribution is 1.98.